The normalized spacial score (nSPS) is 18.0. The molecule has 1 spiro atoms. The quantitative estimate of drug-likeness (QED) is 0.765. The molecule has 3 aromatic rings. The summed E-state index contributed by atoms with van der Waals surface area (Å²) < 4.78 is 0. The summed E-state index contributed by atoms with van der Waals surface area (Å²) in [5, 5.41) is 25.6. The van der Waals surface area contributed by atoms with Crippen LogP contribution in [0.1, 0.15) is 19.3 Å². The summed E-state index contributed by atoms with van der Waals surface area (Å²) in [6, 6.07) is 5.45. The molecule has 1 saturated carbocycles. The van der Waals surface area contributed by atoms with Crippen LogP contribution in [0.15, 0.2) is 36.8 Å². The number of hydrogen-bond acceptors (Lipinski definition) is 6. The fourth-order valence-corrected chi connectivity index (χ4v) is 3.77. The van der Waals surface area contributed by atoms with E-state index in [1.807, 2.05) is 12.1 Å². The Morgan fingerprint density at radius 1 is 1.08 bits per heavy atom. The predicted molar refractivity (Wildman–Crippen MR) is 93.0 cm³/mol. The van der Waals surface area contributed by atoms with E-state index in [4.69, 9.17) is 0 Å². The molecule has 3 heterocycles. The topological polar surface area (TPSA) is 90.8 Å². The Bertz CT molecular complexity index is 894. The van der Waals surface area contributed by atoms with Crippen molar-refractivity contribution >= 4 is 5.95 Å². The maximum atomic E-state index is 10.4. The van der Waals surface area contributed by atoms with E-state index in [0.717, 1.165) is 24.2 Å². The van der Waals surface area contributed by atoms with Crippen molar-refractivity contribution < 1.29 is 5.11 Å². The lowest BCUT2D eigenvalue weighted by molar-refractivity contribution is 0.0886. The Morgan fingerprint density at radius 3 is 2.56 bits per heavy atom. The van der Waals surface area contributed by atoms with Gasteiger partial charge in [-0.2, -0.15) is 5.10 Å². The molecule has 5 rings (SSSR count). The molecule has 2 fully saturated rings. The number of aromatic amines is 1. The SMILES string of the molecule is Oc1cc(-c2cn[nH]c2)ccc1-c1cnc(N2CC3(CCC3)C2)nn1. The number of nitrogens with one attached hydrogen (secondary N) is 1. The van der Waals surface area contributed by atoms with Gasteiger partial charge in [-0.1, -0.05) is 12.5 Å². The average Bonchev–Trinajstić information content (AvgIpc) is 3.07. The monoisotopic (exact) mass is 334 g/mol. The smallest absolute Gasteiger partial charge is 0.245 e. The number of phenols is 1. The molecule has 7 nitrogen and oxygen atoms in total. The molecule has 2 aliphatic rings. The summed E-state index contributed by atoms with van der Waals surface area (Å²) in [4.78, 5) is 6.62. The van der Waals surface area contributed by atoms with E-state index in [9.17, 15) is 5.11 Å². The maximum absolute atomic E-state index is 10.4. The van der Waals surface area contributed by atoms with Gasteiger partial charge in [-0.25, -0.2) is 4.98 Å². The third-order valence-electron chi connectivity index (χ3n) is 5.40. The Labute approximate surface area is 144 Å². The number of phenolic OH excluding ortho intramolecular Hbond substituents is 1. The van der Waals surface area contributed by atoms with Gasteiger partial charge in [0.05, 0.1) is 12.4 Å². The molecule has 7 heteroatoms. The van der Waals surface area contributed by atoms with Crippen LogP contribution in [-0.2, 0) is 0 Å². The molecule has 0 unspecified atom stereocenters. The lowest BCUT2D eigenvalue weighted by atomic mass is 9.64. The van der Waals surface area contributed by atoms with Crippen molar-refractivity contribution in [2.45, 2.75) is 19.3 Å². The van der Waals surface area contributed by atoms with Crippen molar-refractivity contribution in [3.8, 4) is 28.1 Å². The molecule has 1 aliphatic carbocycles. The first-order chi connectivity index (χ1) is 12.2. The zero-order valence-corrected chi connectivity index (χ0v) is 13.7. The largest absolute Gasteiger partial charge is 0.507 e. The number of aromatic hydroxyl groups is 1. The fourth-order valence-electron chi connectivity index (χ4n) is 3.77. The molecule has 2 N–H and O–H groups in total. The number of H-pyrrole nitrogens is 1. The predicted octanol–water partition coefficient (Wildman–Crippen LogP) is 2.62. The van der Waals surface area contributed by atoms with Crippen molar-refractivity contribution in [3.05, 3.63) is 36.8 Å². The molecular formula is C18H18N6O. The second-order valence-electron chi connectivity index (χ2n) is 7.07. The first kappa shape index (κ1) is 14.4. The van der Waals surface area contributed by atoms with Crippen LogP contribution >= 0.6 is 0 Å². The van der Waals surface area contributed by atoms with Gasteiger partial charge in [0, 0.05) is 35.8 Å². The van der Waals surface area contributed by atoms with Gasteiger partial charge in [0.2, 0.25) is 5.95 Å². The number of rotatable bonds is 3. The highest BCUT2D eigenvalue weighted by Crippen LogP contribution is 2.48. The van der Waals surface area contributed by atoms with Gasteiger partial charge in [0.25, 0.3) is 0 Å². The van der Waals surface area contributed by atoms with Gasteiger partial charge < -0.3 is 10.0 Å². The van der Waals surface area contributed by atoms with Crippen LogP contribution in [0, 0.1) is 5.41 Å². The zero-order chi connectivity index (χ0) is 16.9. The van der Waals surface area contributed by atoms with Crippen molar-refractivity contribution in [1.29, 1.82) is 0 Å². The van der Waals surface area contributed by atoms with E-state index in [1.54, 1.807) is 24.7 Å². The molecule has 0 radical (unpaired) electrons. The van der Waals surface area contributed by atoms with Crippen LogP contribution in [0.3, 0.4) is 0 Å². The van der Waals surface area contributed by atoms with Gasteiger partial charge in [-0.05, 0) is 30.5 Å². The van der Waals surface area contributed by atoms with Crippen molar-refractivity contribution in [1.82, 2.24) is 25.4 Å². The van der Waals surface area contributed by atoms with E-state index in [-0.39, 0.29) is 5.75 Å². The second kappa shape index (κ2) is 5.27. The van der Waals surface area contributed by atoms with Crippen LogP contribution in [0.2, 0.25) is 0 Å². The Hall–Kier alpha value is -2.96. The van der Waals surface area contributed by atoms with Gasteiger partial charge in [-0.15, -0.1) is 10.2 Å². The standard InChI is InChI=1S/C18H18N6O/c25-16-6-12(13-7-20-21-8-13)2-3-14(16)15-9-19-17(23-22-15)24-10-18(11-24)4-1-5-18/h2-3,6-9,25H,1,4-5,10-11H2,(H,20,21). The summed E-state index contributed by atoms with van der Waals surface area (Å²) >= 11 is 0. The third kappa shape index (κ3) is 2.34. The Kier molecular flexibility index (Phi) is 3.03. The van der Waals surface area contributed by atoms with Crippen LogP contribution in [0.25, 0.3) is 22.4 Å². The second-order valence-corrected chi connectivity index (χ2v) is 7.07. The van der Waals surface area contributed by atoms with Crippen molar-refractivity contribution in [3.63, 3.8) is 0 Å². The van der Waals surface area contributed by atoms with Gasteiger partial charge >= 0.3 is 0 Å². The van der Waals surface area contributed by atoms with E-state index in [2.05, 4.69) is 30.3 Å². The van der Waals surface area contributed by atoms with E-state index in [1.165, 1.54) is 19.3 Å². The molecular weight excluding hydrogens is 316 g/mol. The van der Waals surface area contributed by atoms with Crippen molar-refractivity contribution in [2.75, 3.05) is 18.0 Å². The average molecular weight is 334 g/mol. The Morgan fingerprint density at radius 2 is 1.96 bits per heavy atom. The number of hydrogen-bond donors (Lipinski definition) is 2. The molecule has 1 saturated heterocycles. The van der Waals surface area contributed by atoms with E-state index in [0.29, 0.717) is 22.6 Å². The minimum Gasteiger partial charge on any atom is -0.507 e. The molecule has 126 valence electrons. The zero-order valence-electron chi connectivity index (χ0n) is 13.7. The number of benzene rings is 1. The molecule has 2 aromatic heterocycles. The minimum atomic E-state index is 0.153. The number of nitrogens with zero attached hydrogens (tertiary/aromatic N) is 5. The first-order valence-corrected chi connectivity index (χ1v) is 8.50. The fraction of sp³-hybridized carbons (Fsp3) is 0.333. The number of aromatic nitrogens is 5. The molecule has 0 amide bonds. The van der Waals surface area contributed by atoms with Gasteiger partial charge in [0.15, 0.2) is 0 Å². The Balaban J connectivity index is 1.36. The number of anilines is 1. The highest BCUT2D eigenvalue weighted by Gasteiger charge is 2.48. The van der Waals surface area contributed by atoms with Crippen LogP contribution < -0.4 is 4.90 Å². The molecule has 0 bridgehead atoms. The minimum absolute atomic E-state index is 0.153. The van der Waals surface area contributed by atoms with E-state index < -0.39 is 0 Å². The highest BCUT2D eigenvalue weighted by atomic mass is 16.3. The summed E-state index contributed by atoms with van der Waals surface area (Å²) in [7, 11) is 0. The molecule has 25 heavy (non-hydrogen) atoms. The van der Waals surface area contributed by atoms with Crippen molar-refractivity contribution in [2.24, 2.45) is 5.41 Å². The lowest BCUT2D eigenvalue weighted by Crippen LogP contribution is -2.60. The van der Waals surface area contributed by atoms with Crippen LogP contribution in [0.4, 0.5) is 5.95 Å². The van der Waals surface area contributed by atoms with Crippen LogP contribution in [-0.4, -0.2) is 43.6 Å². The molecule has 0 atom stereocenters. The summed E-state index contributed by atoms with van der Waals surface area (Å²) in [6.45, 7) is 2.08. The third-order valence-corrected chi connectivity index (χ3v) is 5.40. The molecule has 1 aliphatic heterocycles. The summed E-state index contributed by atoms with van der Waals surface area (Å²) in [6.07, 6.45) is 9.18. The molecule has 1 aromatic carbocycles. The lowest BCUT2D eigenvalue weighted by Gasteiger charge is -2.55. The van der Waals surface area contributed by atoms with E-state index >= 15 is 0 Å². The summed E-state index contributed by atoms with van der Waals surface area (Å²) in [5.41, 5.74) is 3.53. The summed E-state index contributed by atoms with van der Waals surface area (Å²) in [5.74, 6) is 0.829. The van der Waals surface area contributed by atoms with Gasteiger partial charge in [0.1, 0.15) is 11.4 Å². The van der Waals surface area contributed by atoms with Gasteiger partial charge in [-0.3, -0.25) is 5.10 Å². The maximum Gasteiger partial charge on any atom is 0.245 e. The highest BCUT2D eigenvalue weighted by molar-refractivity contribution is 5.73. The van der Waals surface area contributed by atoms with Crippen LogP contribution in [0.5, 0.6) is 5.75 Å². The first-order valence-electron chi connectivity index (χ1n) is 8.50.